The van der Waals surface area contributed by atoms with Crippen LogP contribution in [0.25, 0.3) is 6.08 Å². The molecule has 0 unspecified atom stereocenters. The highest BCUT2D eigenvalue weighted by molar-refractivity contribution is 6.36. The van der Waals surface area contributed by atoms with Crippen LogP contribution in [0.1, 0.15) is 25.1 Å². The van der Waals surface area contributed by atoms with E-state index in [1.54, 1.807) is 33.0 Å². The number of ether oxygens (including phenoxy) is 3. The molecule has 1 atom stereocenters. The number of carbonyl (C=O) groups is 2. The van der Waals surface area contributed by atoms with Crippen molar-refractivity contribution in [1.29, 1.82) is 0 Å². The number of nitrogens with zero attached hydrogens (tertiary/aromatic N) is 2. The minimum Gasteiger partial charge on any atom is -0.479 e. The number of hydrogen-bond donors (Lipinski definition) is 2. The third-order valence-corrected chi connectivity index (χ3v) is 4.57. The summed E-state index contributed by atoms with van der Waals surface area (Å²) in [5.74, 6) is -0.455. The zero-order valence-corrected chi connectivity index (χ0v) is 19.0. The van der Waals surface area contributed by atoms with Gasteiger partial charge in [0.05, 0.1) is 21.3 Å². The topological polar surface area (TPSA) is 112 Å². The van der Waals surface area contributed by atoms with E-state index < -0.39 is 18.2 Å². The standard InChI is InChI=1S/C20H23Cl2N3O6/c1-5-23-20(28)29-8-6-7-13-11(2)24-25(4)18(13)31-17-10-16(14(21)9-15(17)22)30-12(3)19(26)27/h6-7,9-10,12H,5,8H2,1-4H3,(H,23,28)(H,26,27)/b7-6+/t12-/m0/s1. The Morgan fingerprint density at radius 1 is 1.29 bits per heavy atom. The fraction of sp³-hybridized carbons (Fsp3) is 0.350. The molecule has 2 N–H and O–H groups in total. The maximum Gasteiger partial charge on any atom is 0.407 e. The Bertz CT molecular complexity index is 990. The van der Waals surface area contributed by atoms with Crippen LogP contribution in [0.15, 0.2) is 18.2 Å². The van der Waals surface area contributed by atoms with Gasteiger partial charge in [-0.15, -0.1) is 0 Å². The quantitative estimate of drug-likeness (QED) is 0.555. The number of halogens is 2. The molecule has 0 spiro atoms. The van der Waals surface area contributed by atoms with E-state index in [1.807, 2.05) is 0 Å². The number of amides is 1. The number of carboxylic acid groups (broad SMARTS) is 1. The molecule has 0 saturated carbocycles. The summed E-state index contributed by atoms with van der Waals surface area (Å²) in [6.45, 7) is 5.50. The summed E-state index contributed by atoms with van der Waals surface area (Å²) in [5.41, 5.74) is 1.32. The van der Waals surface area contributed by atoms with Crippen molar-refractivity contribution in [3.05, 3.63) is 39.5 Å². The number of aliphatic carboxylic acids is 1. The summed E-state index contributed by atoms with van der Waals surface area (Å²) < 4.78 is 17.9. The van der Waals surface area contributed by atoms with Gasteiger partial charge in [0.15, 0.2) is 11.9 Å². The van der Waals surface area contributed by atoms with Gasteiger partial charge in [-0.2, -0.15) is 5.10 Å². The molecule has 0 aliphatic rings. The molecule has 0 saturated heterocycles. The minimum atomic E-state index is -1.14. The molecule has 0 radical (unpaired) electrons. The number of benzene rings is 1. The number of rotatable bonds is 9. The van der Waals surface area contributed by atoms with Crippen LogP contribution >= 0.6 is 23.2 Å². The molecular formula is C20H23Cl2N3O6. The van der Waals surface area contributed by atoms with Gasteiger partial charge in [0.25, 0.3) is 0 Å². The molecule has 1 amide bonds. The zero-order valence-electron chi connectivity index (χ0n) is 17.4. The van der Waals surface area contributed by atoms with E-state index in [9.17, 15) is 9.59 Å². The average molecular weight is 472 g/mol. The Balaban J connectivity index is 2.26. The lowest BCUT2D eigenvalue weighted by molar-refractivity contribution is -0.144. The number of aryl methyl sites for hydroxylation is 2. The van der Waals surface area contributed by atoms with E-state index in [1.165, 1.54) is 23.7 Å². The van der Waals surface area contributed by atoms with Crippen molar-refractivity contribution in [3.8, 4) is 17.4 Å². The zero-order chi connectivity index (χ0) is 23.1. The smallest absolute Gasteiger partial charge is 0.407 e. The lowest BCUT2D eigenvalue weighted by atomic mass is 10.2. The molecule has 1 aromatic carbocycles. The number of carbonyl (C=O) groups excluding carboxylic acids is 1. The van der Waals surface area contributed by atoms with Gasteiger partial charge >= 0.3 is 12.1 Å². The first kappa shape index (κ1) is 24.4. The molecule has 0 bridgehead atoms. The number of hydrogen-bond acceptors (Lipinski definition) is 6. The van der Waals surface area contributed by atoms with Gasteiger partial charge in [0.2, 0.25) is 5.88 Å². The highest BCUT2D eigenvalue weighted by Crippen LogP contribution is 2.39. The van der Waals surface area contributed by atoms with Gasteiger partial charge in [-0.1, -0.05) is 23.2 Å². The van der Waals surface area contributed by atoms with E-state index in [-0.39, 0.29) is 28.2 Å². The van der Waals surface area contributed by atoms with Crippen LogP contribution in [0, 0.1) is 6.92 Å². The second-order valence-corrected chi connectivity index (χ2v) is 7.19. The predicted molar refractivity (Wildman–Crippen MR) is 116 cm³/mol. The second-order valence-electron chi connectivity index (χ2n) is 6.37. The molecule has 9 nitrogen and oxygen atoms in total. The molecule has 168 valence electrons. The van der Waals surface area contributed by atoms with Gasteiger partial charge in [0, 0.05) is 19.7 Å². The number of aromatic nitrogens is 2. The monoisotopic (exact) mass is 471 g/mol. The first-order valence-electron chi connectivity index (χ1n) is 9.31. The van der Waals surface area contributed by atoms with Gasteiger partial charge in [-0.25, -0.2) is 14.3 Å². The summed E-state index contributed by atoms with van der Waals surface area (Å²) >= 11 is 12.4. The Labute approximate surface area is 189 Å². The van der Waals surface area contributed by atoms with Crippen molar-refractivity contribution in [2.75, 3.05) is 13.2 Å². The van der Waals surface area contributed by atoms with Crippen LogP contribution < -0.4 is 14.8 Å². The largest absolute Gasteiger partial charge is 0.479 e. The van der Waals surface area contributed by atoms with E-state index in [2.05, 4.69) is 10.4 Å². The third kappa shape index (κ3) is 6.53. The molecule has 2 aromatic rings. The van der Waals surface area contributed by atoms with Crippen molar-refractivity contribution in [2.45, 2.75) is 26.9 Å². The lowest BCUT2D eigenvalue weighted by Crippen LogP contribution is -2.23. The van der Waals surface area contributed by atoms with Gasteiger partial charge < -0.3 is 24.6 Å². The van der Waals surface area contributed by atoms with E-state index >= 15 is 0 Å². The Hall–Kier alpha value is -2.91. The summed E-state index contributed by atoms with van der Waals surface area (Å²) in [6.07, 6.45) is 1.74. The van der Waals surface area contributed by atoms with Crippen LogP contribution in [-0.2, 0) is 16.6 Å². The number of alkyl carbamates (subject to hydrolysis) is 1. The van der Waals surface area contributed by atoms with E-state index in [0.29, 0.717) is 23.7 Å². The van der Waals surface area contributed by atoms with Crippen molar-refractivity contribution < 1.29 is 28.9 Å². The number of nitrogens with one attached hydrogen (secondary N) is 1. The summed E-state index contributed by atoms with van der Waals surface area (Å²) in [5, 5.41) is 16.3. The molecule has 31 heavy (non-hydrogen) atoms. The minimum absolute atomic E-state index is 0.0619. The fourth-order valence-electron chi connectivity index (χ4n) is 2.48. The Morgan fingerprint density at radius 3 is 2.61 bits per heavy atom. The molecule has 0 aliphatic heterocycles. The summed E-state index contributed by atoms with van der Waals surface area (Å²) in [7, 11) is 1.69. The highest BCUT2D eigenvalue weighted by atomic mass is 35.5. The molecule has 0 fully saturated rings. The first-order valence-corrected chi connectivity index (χ1v) is 10.1. The molecular weight excluding hydrogens is 449 g/mol. The molecule has 2 rings (SSSR count). The Kier molecular flexibility index (Phi) is 8.58. The second kappa shape index (κ2) is 10.9. The summed E-state index contributed by atoms with van der Waals surface area (Å²) in [4.78, 5) is 22.4. The lowest BCUT2D eigenvalue weighted by Gasteiger charge is -2.15. The van der Waals surface area contributed by atoms with Gasteiger partial charge in [-0.3, -0.25) is 0 Å². The molecule has 0 aliphatic carbocycles. The van der Waals surface area contributed by atoms with Crippen molar-refractivity contribution in [2.24, 2.45) is 7.05 Å². The predicted octanol–water partition coefficient (Wildman–Crippen LogP) is 4.44. The first-order chi connectivity index (χ1) is 14.6. The maximum atomic E-state index is 11.4. The van der Waals surface area contributed by atoms with E-state index in [0.717, 1.165) is 0 Å². The average Bonchev–Trinajstić information content (AvgIpc) is 2.95. The Morgan fingerprint density at radius 2 is 1.97 bits per heavy atom. The highest BCUT2D eigenvalue weighted by Gasteiger charge is 2.19. The molecule has 1 heterocycles. The van der Waals surface area contributed by atoms with Crippen molar-refractivity contribution >= 4 is 41.3 Å². The SMILES string of the molecule is CCNC(=O)OC/C=C/c1c(C)nn(C)c1Oc1cc(O[C@@H](C)C(=O)O)c(Cl)cc1Cl. The fourth-order valence-corrected chi connectivity index (χ4v) is 2.94. The van der Waals surface area contributed by atoms with Crippen LogP contribution in [0.3, 0.4) is 0 Å². The van der Waals surface area contributed by atoms with Crippen LogP contribution in [0.2, 0.25) is 10.0 Å². The van der Waals surface area contributed by atoms with Crippen molar-refractivity contribution in [1.82, 2.24) is 15.1 Å². The van der Waals surface area contributed by atoms with Crippen LogP contribution in [0.4, 0.5) is 4.79 Å². The maximum absolute atomic E-state index is 11.4. The van der Waals surface area contributed by atoms with Crippen molar-refractivity contribution in [3.63, 3.8) is 0 Å². The normalized spacial score (nSPS) is 11.9. The summed E-state index contributed by atoms with van der Waals surface area (Å²) in [6, 6.07) is 2.82. The van der Waals surface area contributed by atoms with Crippen LogP contribution in [0.5, 0.6) is 17.4 Å². The van der Waals surface area contributed by atoms with Gasteiger partial charge in [0.1, 0.15) is 12.4 Å². The van der Waals surface area contributed by atoms with Crippen LogP contribution in [-0.4, -0.2) is 46.2 Å². The molecule has 11 heteroatoms. The third-order valence-electron chi connectivity index (χ3n) is 3.97. The van der Waals surface area contributed by atoms with Gasteiger partial charge in [-0.05, 0) is 39.0 Å². The number of carboxylic acids is 1. The molecule has 1 aromatic heterocycles. The van der Waals surface area contributed by atoms with E-state index in [4.69, 9.17) is 42.5 Å².